The Bertz CT molecular complexity index is 258. The third kappa shape index (κ3) is 2.68. The van der Waals surface area contributed by atoms with Gasteiger partial charge >= 0.3 is 0 Å². The first kappa shape index (κ1) is 9.45. The van der Waals surface area contributed by atoms with Crippen molar-refractivity contribution in [3.8, 4) is 6.07 Å². The second-order valence-electron chi connectivity index (χ2n) is 1.93. The summed E-state index contributed by atoms with van der Waals surface area (Å²) >= 11 is 0. The van der Waals surface area contributed by atoms with Crippen molar-refractivity contribution in [1.82, 2.24) is 0 Å². The SMILES string of the molecule is C=C.Cc1ccccc1C#N. The Morgan fingerprint density at radius 1 is 1.27 bits per heavy atom. The molecule has 0 saturated carbocycles. The smallest absolute Gasteiger partial charge is 0.0994 e. The summed E-state index contributed by atoms with van der Waals surface area (Å²) in [5.74, 6) is 0. The highest BCUT2D eigenvalue weighted by atomic mass is 14.2. The normalized spacial score (nSPS) is 7.27. The van der Waals surface area contributed by atoms with Crippen LogP contribution in [0.2, 0.25) is 0 Å². The predicted octanol–water partition coefficient (Wildman–Crippen LogP) is 2.67. The van der Waals surface area contributed by atoms with Crippen LogP contribution in [0.4, 0.5) is 0 Å². The van der Waals surface area contributed by atoms with E-state index < -0.39 is 0 Å². The van der Waals surface area contributed by atoms with E-state index in [9.17, 15) is 0 Å². The Hall–Kier alpha value is -1.55. The number of rotatable bonds is 0. The second-order valence-corrected chi connectivity index (χ2v) is 1.93. The number of nitriles is 1. The average molecular weight is 145 g/mol. The molecule has 0 spiro atoms. The van der Waals surface area contributed by atoms with E-state index in [4.69, 9.17) is 5.26 Å². The molecule has 1 nitrogen and oxygen atoms in total. The summed E-state index contributed by atoms with van der Waals surface area (Å²) in [4.78, 5) is 0. The quantitative estimate of drug-likeness (QED) is 0.515. The highest BCUT2D eigenvalue weighted by molar-refractivity contribution is 5.35. The van der Waals surface area contributed by atoms with Gasteiger partial charge in [0.05, 0.1) is 11.6 Å². The highest BCUT2D eigenvalue weighted by Crippen LogP contribution is 2.03. The molecule has 56 valence electrons. The van der Waals surface area contributed by atoms with Crippen molar-refractivity contribution in [2.24, 2.45) is 0 Å². The van der Waals surface area contributed by atoms with Gasteiger partial charge in [-0.1, -0.05) is 18.2 Å². The van der Waals surface area contributed by atoms with Gasteiger partial charge in [-0.3, -0.25) is 0 Å². The van der Waals surface area contributed by atoms with Gasteiger partial charge in [0.15, 0.2) is 0 Å². The van der Waals surface area contributed by atoms with Crippen LogP contribution in [0.5, 0.6) is 0 Å². The van der Waals surface area contributed by atoms with Gasteiger partial charge in [-0.25, -0.2) is 0 Å². The first-order valence-electron chi connectivity index (χ1n) is 3.30. The van der Waals surface area contributed by atoms with Crippen LogP contribution in [0, 0.1) is 18.3 Å². The summed E-state index contributed by atoms with van der Waals surface area (Å²) in [5, 5.41) is 8.47. The van der Waals surface area contributed by atoms with Crippen molar-refractivity contribution in [3.05, 3.63) is 48.6 Å². The molecule has 11 heavy (non-hydrogen) atoms. The lowest BCUT2D eigenvalue weighted by molar-refractivity contribution is 1.39. The second kappa shape index (κ2) is 5.25. The number of benzene rings is 1. The molecule has 0 radical (unpaired) electrons. The van der Waals surface area contributed by atoms with E-state index in [2.05, 4.69) is 19.2 Å². The number of hydrogen-bond donors (Lipinski definition) is 0. The van der Waals surface area contributed by atoms with Crippen molar-refractivity contribution >= 4 is 0 Å². The maximum Gasteiger partial charge on any atom is 0.0994 e. The lowest BCUT2D eigenvalue weighted by Gasteiger charge is -1.90. The van der Waals surface area contributed by atoms with Gasteiger partial charge in [0.2, 0.25) is 0 Å². The van der Waals surface area contributed by atoms with Crippen LogP contribution in [0.25, 0.3) is 0 Å². The van der Waals surface area contributed by atoms with Gasteiger partial charge in [0.25, 0.3) is 0 Å². The van der Waals surface area contributed by atoms with Crippen molar-refractivity contribution < 1.29 is 0 Å². The van der Waals surface area contributed by atoms with Gasteiger partial charge < -0.3 is 0 Å². The summed E-state index contributed by atoms with van der Waals surface area (Å²) in [5.41, 5.74) is 1.80. The molecule has 0 atom stereocenters. The Labute approximate surface area is 67.6 Å². The minimum atomic E-state index is 0.762. The lowest BCUT2D eigenvalue weighted by atomic mass is 10.1. The van der Waals surface area contributed by atoms with E-state index in [0.717, 1.165) is 11.1 Å². The van der Waals surface area contributed by atoms with Crippen LogP contribution >= 0.6 is 0 Å². The van der Waals surface area contributed by atoms with E-state index in [1.165, 1.54) is 0 Å². The molecule has 0 fully saturated rings. The Balaban J connectivity index is 0.000000461. The van der Waals surface area contributed by atoms with Crippen molar-refractivity contribution in [2.75, 3.05) is 0 Å². The van der Waals surface area contributed by atoms with E-state index in [-0.39, 0.29) is 0 Å². The molecule has 0 aliphatic rings. The molecule has 1 aromatic rings. The fourth-order valence-electron chi connectivity index (χ4n) is 0.698. The molecule has 1 aromatic carbocycles. The Kier molecular flexibility index (Phi) is 4.51. The number of hydrogen-bond acceptors (Lipinski definition) is 1. The first-order chi connectivity index (χ1) is 5.34. The molecule has 0 saturated heterocycles. The third-order valence-corrected chi connectivity index (χ3v) is 1.27. The van der Waals surface area contributed by atoms with Crippen molar-refractivity contribution in [2.45, 2.75) is 6.92 Å². The predicted molar refractivity (Wildman–Crippen MR) is 47.1 cm³/mol. The number of aryl methyl sites for hydroxylation is 1. The zero-order valence-corrected chi connectivity index (χ0v) is 6.67. The van der Waals surface area contributed by atoms with Crippen LogP contribution in [-0.2, 0) is 0 Å². The molecule has 0 bridgehead atoms. The van der Waals surface area contributed by atoms with Crippen molar-refractivity contribution in [1.29, 1.82) is 5.26 Å². The van der Waals surface area contributed by atoms with Crippen LogP contribution in [0.3, 0.4) is 0 Å². The average Bonchev–Trinajstić information content (AvgIpc) is 2.09. The van der Waals surface area contributed by atoms with Crippen LogP contribution < -0.4 is 0 Å². The molecule has 0 unspecified atom stereocenters. The van der Waals surface area contributed by atoms with E-state index in [0.29, 0.717) is 0 Å². The van der Waals surface area contributed by atoms with Crippen LogP contribution in [0.15, 0.2) is 37.4 Å². The molecule has 0 aromatic heterocycles. The zero-order valence-electron chi connectivity index (χ0n) is 6.67. The summed E-state index contributed by atoms with van der Waals surface area (Å²) in [6, 6.07) is 9.63. The molecule has 1 rings (SSSR count). The standard InChI is InChI=1S/C8H7N.C2H4/c1-7-4-2-3-5-8(7)6-9;1-2/h2-5H,1H3;1-2H2. The Morgan fingerprint density at radius 3 is 2.18 bits per heavy atom. The summed E-state index contributed by atoms with van der Waals surface area (Å²) in [6.07, 6.45) is 0. The molecule has 0 aliphatic carbocycles. The van der Waals surface area contributed by atoms with Gasteiger partial charge in [0, 0.05) is 0 Å². The third-order valence-electron chi connectivity index (χ3n) is 1.27. The molecule has 0 amide bonds. The number of nitrogens with zero attached hydrogens (tertiary/aromatic N) is 1. The van der Waals surface area contributed by atoms with Crippen LogP contribution in [-0.4, -0.2) is 0 Å². The summed E-state index contributed by atoms with van der Waals surface area (Å²) in [7, 11) is 0. The molecular weight excluding hydrogens is 134 g/mol. The monoisotopic (exact) mass is 145 g/mol. The first-order valence-corrected chi connectivity index (χ1v) is 3.30. The Morgan fingerprint density at radius 2 is 1.82 bits per heavy atom. The van der Waals surface area contributed by atoms with E-state index in [1.807, 2.05) is 31.2 Å². The topological polar surface area (TPSA) is 23.8 Å². The zero-order chi connectivity index (χ0) is 8.69. The molecular formula is C10H11N. The van der Waals surface area contributed by atoms with E-state index >= 15 is 0 Å². The summed E-state index contributed by atoms with van der Waals surface area (Å²) in [6.45, 7) is 7.93. The van der Waals surface area contributed by atoms with Gasteiger partial charge in [-0.2, -0.15) is 5.26 Å². The lowest BCUT2D eigenvalue weighted by Crippen LogP contribution is -1.77. The maximum absolute atomic E-state index is 8.47. The fourth-order valence-corrected chi connectivity index (χ4v) is 0.698. The molecule has 0 aliphatic heterocycles. The van der Waals surface area contributed by atoms with Gasteiger partial charge in [-0.05, 0) is 18.6 Å². The molecule has 0 heterocycles. The fraction of sp³-hybridized carbons (Fsp3) is 0.100. The molecule has 1 heteroatoms. The van der Waals surface area contributed by atoms with Crippen LogP contribution in [0.1, 0.15) is 11.1 Å². The highest BCUT2D eigenvalue weighted by Gasteiger charge is 1.89. The minimum absolute atomic E-state index is 0.762. The maximum atomic E-state index is 8.47. The van der Waals surface area contributed by atoms with Gasteiger partial charge in [0.1, 0.15) is 0 Å². The van der Waals surface area contributed by atoms with Crippen molar-refractivity contribution in [3.63, 3.8) is 0 Å². The largest absolute Gasteiger partial charge is 0.192 e. The van der Waals surface area contributed by atoms with Gasteiger partial charge in [-0.15, -0.1) is 13.2 Å². The summed E-state index contributed by atoms with van der Waals surface area (Å²) < 4.78 is 0. The minimum Gasteiger partial charge on any atom is -0.192 e. The molecule has 0 N–H and O–H groups in total. The van der Waals surface area contributed by atoms with E-state index in [1.54, 1.807) is 0 Å².